The Morgan fingerprint density at radius 3 is 2.68 bits per heavy atom. The van der Waals surface area contributed by atoms with E-state index in [0.717, 1.165) is 12.8 Å². The molecule has 1 aliphatic carbocycles. The summed E-state index contributed by atoms with van der Waals surface area (Å²) in [6.07, 6.45) is 2.16. The van der Waals surface area contributed by atoms with E-state index in [4.69, 9.17) is 11.6 Å². The van der Waals surface area contributed by atoms with Gasteiger partial charge >= 0.3 is 5.97 Å². The lowest BCUT2D eigenvalue weighted by molar-refractivity contribution is 0.0600. The fourth-order valence-corrected chi connectivity index (χ4v) is 2.38. The molecule has 1 heterocycles. The Morgan fingerprint density at radius 1 is 1.24 bits per heavy atom. The van der Waals surface area contributed by atoms with E-state index in [0.29, 0.717) is 28.4 Å². The highest BCUT2D eigenvalue weighted by molar-refractivity contribution is 6.34. The number of carbonyl (C=O) groups is 2. The summed E-state index contributed by atoms with van der Waals surface area (Å²) in [5, 5.41) is 6.15. The van der Waals surface area contributed by atoms with Crippen molar-refractivity contribution < 1.29 is 14.3 Å². The highest BCUT2D eigenvalue weighted by Crippen LogP contribution is 2.25. The molecule has 0 saturated heterocycles. The Labute approximate surface area is 149 Å². The number of methoxy groups -OCH3 is 1. The molecule has 0 unspecified atom stereocenters. The summed E-state index contributed by atoms with van der Waals surface area (Å²) < 4.78 is 4.67. The van der Waals surface area contributed by atoms with E-state index in [-0.39, 0.29) is 11.3 Å². The molecule has 2 aromatic rings. The second-order valence-electron chi connectivity index (χ2n) is 5.78. The zero-order valence-electron chi connectivity index (χ0n) is 13.8. The highest BCUT2D eigenvalue weighted by Gasteiger charge is 2.23. The van der Waals surface area contributed by atoms with Crippen LogP contribution >= 0.6 is 11.6 Å². The van der Waals surface area contributed by atoms with Gasteiger partial charge in [-0.3, -0.25) is 4.79 Å². The third kappa shape index (κ3) is 4.24. The average molecular weight is 361 g/mol. The predicted octanol–water partition coefficient (Wildman–Crippen LogP) is 3.05. The number of esters is 1. The lowest BCUT2D eigenvalue weighted by Crippen LogP contribution is -2.17. The molecule has 25 heavy (non-hydrogen) atoms. The van der Waals surface area contributed by atoms with Gasteiger partial charge in [0.25, 0.3) is 5.91 Å². The number of rotatable bonds is 5. The first-order chi connectivity index (χ1) is 12.0. The molecule has 8 heteroatoms. The van der Waals surface area contributed by atoms with Crippen molar-refractivity contribution in [2.75, 3.05) is 17.7 Å². The van der Waals surface area contributed by atoms with Gasteiger partial charge in [0.2, 0.25) is 5.95 Å². The molecule has 0 atom stereocenters. The molecule has 7 nitrogen and oxygen atoms in total. The van der Waals surface area contributed by atoms with Gasteiger partial charge in [-0.25, -0.2) is 14.8 Å². The molecule has 0 radical (unpaired) electrons. The number of ether oxygens (including phenoxy) is 1. The molecular weight excluding hydrogens is 344 g/mol. The number of amides is 1. The molecule has 2 N–H and O–H groups in total. The van der Waals surface area contributed by atoms with Crippen molar-refractivity contribution in [3.63, 3.8) is 0 Å². The molecule has 130 valence electrons. The van der Waals surface area contributed by atoms with Gasteiger partial charge in [0.15, 0.2) is 0 Å². The highest BCUT2D eigenvalue weighted by atomic mass is 35.5. The van der Waals surface area contributed by atoms with Crippen LogP contribution in [-0.4, -0.2) is 35.0 Å². The van der Waals surface area contributed by atoms with E-state index in [1.54, 1.807) is 13.0 Å². The first-order valence-electron chi connectivity index (χ1n) is 7.77. The minimum atomic E-state index is -0.513. The van der Waals surface area contributed by atoms with Gasteiger partial charge in [0.05, 0.1) is 23.4 Å². The van der Waals surface area contributed by atoms with E-state index < -0.39 is 11.9 Å². The molecule has 0 spiro atoms. The standard InChI is InChI=1S/C17H17ClN4O3/c1-9-7-14(22-17(19-9)20-11-4-5-11)15(23)21-13-8-10(16(24)25-2)3-6-12(13)18/h3,6-8,11H,4-5H2,1-2H3,(H,21,23)(H,19,20,22). The smallest absolute Gasteiger partial charge is 0.337 e. The quantitative estimate of drug-likeness (QED) is 0.796. The van der Waals surface area contributed by atoms with Crippen LogP contribution in [-0.2, 0) is 4.74 Å². The molecule has 1 aromatic heterocycles. The van der Waals surface area contributed by atoms with Gasteiger partial charge in [-0.05, 0) is 44.0 Å². The normalized spacial score (nSPS) is 13.2. The Kier molecular flexibility index (Phi) is 4.85. The predicted molar refractivity (Wildman–Crippen MR) is 94.2 cm³/mol. The fraction of sp³-hybridized carbons (Fsp3) is 0.294. The van der Waals surface area contributed by atoms with Gasteiger partial charge < -0.3 is 15.4 Å². The summed E-state index contributed by atoms with van der Waals surface area (Å²) in [5.41, 5.74) is 1.49. The number of nitrogens with one attached hydrogen (secondary N) is 2. The molecular formula is C17H17ClN4O3. The zero-order valence-corrected chi connectivity index (χ0v) is 14.6. The SMILES string of the molecule is COC(=O)c1ccc(Cl)c(NC(=O)c2cc(C)nc(NC3CC3)n2)c1. The molecule has 1 saturated carbocycles. The summed E-state index contributed by atoms with van der Waals surface area (Å²) in [4.78, 5) is 32.7. The first kappa shape index (κ1) is 17.2. The monoisotopic (exact) mass is 360 g/mol. The van der Waals surface area contributed by atoms with Crippen molar-refractivity contribution >= 4 is 35.1 Å². The van der Waals surface area contributed by atoms with E-state index in [1.807, 2.05) is 0 Å². The maximum Gasteiger partial charge on any atom is 0.337 e. The lowest BCUT2D eigenvalue weighted by Gasteiger charge is -2.10. The Morgan fingerprint density at radius 2 is 2.00 bits per heavy atom. The number of hydrogen-bond acceptors (Lipinski definition) is 6. The Hall–Kier alpha value is -2.67. The summed E-state index contributed by atoms with van der Waals surface area (Å²) in [6.45, 7) is 1.79. The second-order valence-corrected chi connectivity index (χ2v) is 6.18. The molecule has 1 fully saturated rings. The van der Waals surface area contributed by atoms with E-state index in [9.17, 15) is 9.59 Å². The van der Waals surface area contributed by atoms with Crippen LogP contribution in [0.4, 0.5) is 11.6 Å². The van der Waals surface area contributed by atoms with Crippen molar-refractivity contribution in [1.82, 2.24) is 9.97 Å². The average Bonchev–Trinajstić information content (AvgIpc) is 3.39. The van der Waals surface area contributed by atoms with Crippen molar-refractivity contribution in [3.8, 4) is 0 Å². The topological polar surface area (TPSA) is 93.2 Å². The summed E-state index contributed by atoms with van der Waals surface area (Å²) in [5.74, 6) is -0.517. The lowest BCUT2D eigenvalue weighted by atomic mass is 10.2. The van der Waals surface area contributed by atoms with Crippen LogP contribution in [0.2, 0.25) is 5.02 Å². The summed E-state index contributed by atoms with van der Waals surface area (Å²) in [6, 6.07) is 6.48. The molecule has 1 aliphatic rings. The molecule has 0 bridgehead atoms. The van der Waals surface area contributed by atoms with E-state index in [1.165, 1.54) is 25.3 Å². The van der Waals surface area contributed by atoms with E-state index >= 15 is 0 Å². The number of benzene rings is 1. The molecule has 3 rings (SSSR count). The number of hydrogen-bond donors (Lipinski definition) is 2. The maximum absolute atomic E-state index is 12.5. The number of nitrogens with zero attached hydrogens (tertiary/aromatic N) is 2. The minimum absolute atomic E-state index is 0.218. The van der Waals surface area contributed by atoms with Crippen LogP contribution < -0.4 is 10.6 Å². The Balaban J connectivity index is 1.82. The fourth-order valence-electron chi connectivity index (χ4n) is 2.21. The third-order valence-electron chi connectivity index (χ3n) is 3.63. The van der Waals surface area contributed by atoms with Gasteiger partial charge in [-0.1, -0.05) is 11.6 Å². The number of anilines is 2. The van der Waals surface area contributed by atoms with E-state index in [2.05, 4.69) is 25.3 Å². The summed E-state index contributed by atoms with van der Waals surface area (Å²) >= 11 is 6.10. The number of carbonyl (C=O) groups excluding carboxylic acids is 2. The zero-order chi connectivity index (χ0) is 18.0. The Bertz CT molecular complexity index is 837. The van der Waals surface area contributed by atoms with Gasteiger partial charge in [0.1, 0.15) is 5.69 Å². The van der Waals surface area contributed by atoms with Crippen LogP contribution in [0.3, 0.4) is 0 Å². The van der Waals surface area contributed by atoms with Crippen molar-refractivity contribution in [3.05, 3.63) is 46.2 Å². The minimum Gasteiger partial charge on any atom is -0.465 e. The van der Waals surface area contributed by atoms with Crippen LogP contribution in [0.25, 0.3) is 0 Å². The van der Waals surface area contributed by atoms with Gasteiger partial charge in [-0.15, -0.1) is 0 Å². The van der Waals surface area contributed by atoms with Crippen LogP contribution in [0.5, 0.6) is 0 Å². The van der Waals surface area contributed by atoms with Crippen LogP contribution in [0, 0.1) is 6.92 Å². The van der Waals surface area contributed by atoms with Crippen molar-refractivity contribution in [2.45, 2.75) is 25.8 Å². The molecule has 1 amide bonds. The maximum atomic E-state index is 12.5. The van der Waals surface area contributed by atoms with Gasteiger partial charge in [0, 0.05) is 11.7 Å². The molecule has 1 aromatic carbocycles. The van der Waals surface area contributed by atoms with Gasteiger partial charge in [-0.2, -0.15) is 0 Å². The third-order valence-corrected chi connectivity index (χ3v) is 3.96. The summed E-state index contributed by atoms with van der Waals surface area (Å²) in [7, 11) is 1.28. The first-order valence-corrected chi connectivity index (χ1v) is 8.15. The van der Waals surface area contributed by atoms with Crippen molar-refractivity contribution in [2.24, 2.45) is 0 Å². The van der Waals surface area contributed by atoms with Crippen LogP contribution in [0.15, 0.2) is 24.3 Å². The number of aryl methyl sites for hydroxylation is 1. The van der Waals surface area contributed by atoms with Crippen molar-refractivity contribution in [1.29, 1.82) is 0 Å². The number of aromatic nitrogens is 2. The second kappa shape index (κ2) is 7.06. The number of halogens is 1. The molecule has 0 aliphatic heterocycles. The largest absolute Gasteiger partial charge is 0.465 e. The van der Waals surface area contributed by atoms with Crippen LogP contribution in [0.1, 0.15) is 39.4 Å².